The molecule has 2 aliphatic rings. The second-order valence-corrected chi connectivity index (χ2v) is 6.31. The van der Waals surface area contributed by atoms with Crippen molar-refractivity contribution >= 4 is 23.4 Å². The molecule has 2 atom stereocenters. The zero-order chi connectivity index (χ0) is 12.8. The summed E-state index contributed by atoms with van der Waals surface area (Å²) in [5, 5.41) is 10.4. The fourth-order valence-corrected chi connectivity index (χ4v) is 4.02. The number of anilines is 1. The van der Waals surface area contributed by atoms with Crippen LogP contribution < -0.4 is 4.90 Å². The first-order valence-electron chi connectivity index (χ1n) is 6.33. The van der Waals surface area contributed by atoms with Gasteiger partial charge in [-0.15, -0.1) is 0 Å². The molecule has 4 heteroatoms. The Balaban J connectivity index is 1.93. The first-order chi connectivity index (χ1) is 8.62. The van der Waals surface area contributed by atoms with Crippen LogP contribution in [0.3, 0.4) is 0 Å². The number of thioether (sulfide) groups is 1. The van der Waals surface area contributed by atoms with E-state index in [4.69, 9.17) is 0 Å². The van der Waals surface area contributed by atoms with Crippen LogP contribution >= 0.6 is 11.8 Å². The van der Waals surface area contributed by atoms with E-state index < -0.39 is 5.60 Å². The van der Waals surface area contributed by atoms with Crippen LogP contribution in [-0.2, 0) is 4.79 Å². The summed E-state index contributed by atoms with van der Waals surface area (Å²) in [6.45, 7) is 2.81. The van der Waals surface area contributed by atoms with Gasteiger partial charge in [0, 0.05) is 23.9 Å². The van der Waals surface area contributed by atoms with E-state index in [1.54, 1.807) is 16.7 Å². The average molecular weight is 263 g/mol. The molecule has 96 valence electrons. The van der Waals surface area contributed by atoms with Crippen LogP contribution in [0.4, 0.5) is 5.69 Å². The third-order valence-corrected chi connectivity index (χ3v) is 5.03. The Morgan fingerprint density at radius 1 is 1.50 bits per heavy atom. The lowest BCUT2D eigenvalue weighted by Crippen LogP contribution is -2.49. The van der Waals surface area contributed by atoms with E-state index in [0.717, 1.165) is 11.4 Å². The summed E-state index contributed by atoms with van der Waals surface area (Å²) in [4.78, 5) is 14.3. The number of hydrogen-bond acceptors (Lipinski definition) is 3. The molecule has 1 amide bonds. The van der Waals surface area contributed by atoms with E-state index in [2.05, 4.69) is 13.0 Å². The highest BCUT2D eigenvalue weighted by molar-refractivity contribution is 7.99. The summed E-state index contributed by atoms with van der Waals surface area (Å²) >= 11 is 1.65. The smallest absolute Gasteiger partial charge is 0.259 e. The number of para-hydroxylation sites is 1. The van der Waals surface area contributed by atoms with Gasteiger partial charge in [0.25, 0.3) is 5.91 Å². The second-order valence-electron chi connectivity index (χ2n) is 5.21. The van der Waals surface area contributed by atoms with E-state index in [1.165, 1.54) is 5.56 Å². The monoisotopic (exact) mass is 263 g/mol. The van der Waals surface area contributed by atoms with Crippen molar-refractivity contribution < 1.29 is 9.90 Å². The minimum atomic E-state index is -1.15. The molecule has 0 radical (unpaired) electrons. The Kier molecular flexibility index (Phi) is 2.87. The Morgan fingerprint density at radius 3 is 3.00 bits per heavy atom. The van der Waals surface area contributed by atoms with Crippen molar-refractivity contribution in [3.05, 3.63) is 29.8 Å². The Bertz CT molecular complexity index is 482. The molecule has 2 aliphatic heterocycles. The van der Waals surface area contributed by atoms with Crippen molar-refractivity contribution in [3.63, 3.8) is 0 Å². The third kappa shape index (κ3) is 1.75. The quantitative estimate of drug-likeness (QED) is 0.842. The van der Waals surface area contributed by atoms with Gasteiger partial charge < -0.3 is 10.0 Å². The van der Waals surface area contributed by atoms with E-state index in [1.807, 2.05) is 18.2 Å². The highest BCUT2D eigenvalue weighted by Gasteiger charge is 2.44. The van der Waals surface area contributed by atoms with Gasteiger partial charge in [-0.1, -0.05) is 25.1 Å². The molecule has 3 rings (SSSR count). The van der Waals surface area contributed by atoms with Crippen molar-refractivity contribution in [2.45, 2.75) is 24.9 Å². The fraction of sp³-hybridized carbons (Fsp3) is 0.500. The molecule has 18 heavy (non-hydrogen) atoms. The van der Waals surface area contributed by atoms with Gasteiger partial charge in [-0.05, 0) is 23.8 Å². The van der Waals surface area contributed by atoms with E-state index in [0.29, 0.717) is 24.6 Å². The Labute approximate surface area is 111 Å². The molecule has 1 fully saturated rings. The van der Waals surface area contributed by atoms with Gasteiger partial charge in [0.05, 0.1) is 0 Å². The van der Waals surface area contributed by atoms with Crippen LogP contribution in [0.25, 0.3) is 0 Å². The average Bonchev–Trinajstić information content (AvgIpc) is 2.95. The SMILES string of the molecule is CC1CN(C(=O)C2(O)CCSC2)c2ccccc21. The van der Waals surface area contributed by atoms with Gasteiger partial charge in [-0.25, -0.2) is 0 Å². The molecule has 1 aromatic carbocycles. The number of carbonyl (C=O) groups excluding carboxylic acids is 1. The van der Waals surface area contributed by atoms with Gasteiger partial charge in [0.2, 0.25) is 0 Å². The van der Waals surface area contributed by atoms with E-state index >= 15 is 0 Å². The number of hydrogen-bond donors (Lipinski definition) is 1. The molecule has 1 aromatic rings. The maximum atomic E-state index is 12.5. The van der Waals surface area contributed by atoms with Crippen molar-refractivity contribution in [3.8, 4) is 0 Å². The molecule has 2 unspecified atom stereocenters. The molecule has 0 spiro atoms. The highest BCUT2D eigenvalue weighted by Crippen LogP contribution is 2.39. The van der Waals surface area contributed by atoms with Gasteiger partial charge in [0.15, 0.2) is 5.60 Å². The molecule has 0 saturated carbocycles. The van der Waals surface area contributed by atoms with Crippen LogP contribution in [0.5, 0.6) is 0 Å². The normalized spacial score (nSPS) is 30.6. The maximum Gasteiger partial charge on any atom is 0.259 e. The van der Waals surface area contributed by atoms with Crippen molar-refractivity contribution in [1.29, 1.82) is 0 Å². The lowest BCUT2D eigenvalue weighted by Gasteiger charge is -2.27. The largest absolute Gasteiger partial charge is 0.379 e. The first kappa shape index (κ1) is 12.1. The van der Waals surface area contributed by atoms with Gasteiger partial charge >= 0.3 is 0 Å². The van der Waals surface area contributed by atoms with E-state index in [9.17, 15) is 9.90 Å². The van der Waals surface area contributed by atoms with Gasteiger partial charge in [0.1, 0.15) is 0 Å². The summed E-state index contributed by atoms with van der Waals surface area (Å²) in [6.07, 6.45) is 0.573. The predicted octanol–water partition coefficient (Wildman–Crippen LogP) is 2.00. The number of nitrogens with zero attached hydrogens (tertiary/aromatic N) is 1. The second kappa shape index (κ2) is 4.28. The van der Waals surface area contributed by atoms with Crippen LogP contribution in [0.1, 0.15) is 24.8 Å². The number of benzene rings is 1. The van der Waals surface area contributed by atoms with Crippen molar-refractivity contribution in [1.82, 2.24) is 0 Å². The Hall–Kier alpha value is -1.00. The molecule has 1 N–H and O–H groups in total. The van der Waals surface area contributed by atoms with E-state index in [-0.39, 0.29) is 5.91 Å². The topological polar surface area (TPSA) is 40.5 Å². The maximum absolute atomic E-state index is 12.5. The summed E-state index contributed by atoms with van der Waals surface area (Å²) in [5.41, 5.74) is 1.03. The molecular weight excluding hydrogens is 246 g/mol. The number of amides is 1. The molecule has 0 bridgehead atoms. The zero-order valence-electron chi connectivity index (χ0n) is 10.4. The minimum absolute atomic E-state index is 0.121. The number of carbonyl (C=O) groups is 1. The molecule has 2 heterocycles. The lowest BCUT2D eigenvalue weighted by atomic mass is 10.0. The Morgan fingerprint density at radius 2 is 2.28 bits per heavy atom. The third-order valence-electron chi connectivity index (χ3n) is 3.86. The lowest BCUT2D eigenvalue weighted by molar-refractivity contribution is -0.134. The first-order valence-corrected chi connectivity index (χ1v) is 7.48. The number of rotatable bonds is 1. The summed E-state index contributed by atoms with van der Waals surface area (Å²) in [7, 11) is 0. The molecule has 1 saturated heterocycles. The van der Waals surface area contributed by atoms with Crippen LogP contribution in [0.15, 0.2) is 24.3 Å². The molecule has 0 aliphatic carbocycles. The van der Waals surface area contributed by atoms with Gasteiger partial charge in [-0.3, -0.25) is 4.79 Å². The van der Waals surface area contributed by atoms with Crippen LogP contribution in [-0.4, -0.2) is 34.7 Å². The minimum Gasteiger partial charge on any atom is -0.379 e. The summed E-state index contributed by atoms with van der Waals surface area (Å²) < 4.78 is 0. The van der Waals surface area contributed by atoms with Crippen LogP contribution in [0.2, 0.25) is 0 Å². The van der Waals surface area contributed by atoms with Crippen molar-refractivity contribution in [2.24, 2.45) is 0 Å². The molecular formula is C14H17NO2S. The summed E-state index contributed by atoms with van der Waals surface area (Å²) in [5.74, 6) is 1.62. The fourth-order valence-electron chi connectivity index (χ4n) is 2.79. The number of fused-ring (bicyclic) bond motifs is 1. The standard InChI is InChI=1S/C14H17NO2S/c1-10-8-15(12-5-3-2-4-11(10)12)13(16)14(17)6-7-18-9-14/h2-5,10,17H,6-9H2,1H3. The highest BCUT2D eigenvalue weighted by atomic mass is 32.2. The summed E-state index contributed by atoms with van der Waals surface area (Å²) in [6, 6.07) is 8.00. The molecule has 3 nitrogen and oxygen atoms in total. The van der Waals surface area contributed by atoms with Crippen molar-refractivity contribution in [2.75, 3.05) is 23.0 Å². The predicted molar refractivity (Wildman–Crippen MR) is 74.1 cm³/mol. The zero-order valence-corrected chi connectivity index (χ0v) is 11.2. The van der Waals surface area contributed by atoms with Crippen LogP contribution in [0, 0.1) is 0 Å². The van der Waals surface area contributed by atoms with Gasteiger partial charge in [-0.2, -0.15) is 11.8 Å². The number of aliphatic hydroxyl groups is 1. The molecule has 0 aromatic heterocycles.